The normalized spacial score (nSPS) is 14.5. The first kappa shape index (κ1) is 31.7. The smallest absolute Gasteiger partial charge is 0.338 e. The Morgan fingerprint density at radius 3 is 2.47 bits per heavy atom. The van der Waals surface area contributed by atoms with Crippen LogP contribution < -0.4 is 29.1 Å². The van der Waals surface area contributed by atoms with E-state index in [1.54, 1.807) is 55.5 Å². The molecule has 2 heterocycles. The maximum Gasteiger partial charge on any atom is 0.338 e. The van der Waals surface area contributed by atoms with E-state index in [4.69, 9.17) is 23.7 Å². The van der Waals surface area contributed by atoms with E-state index in [1.165, 1.54) is 42.3 Å². The molecule has 0 unspecified atom stereocenters. The first-order chi connectivity index (χ1) is 21.8. The molecular weight excluding hydrogens is 599 g/mol. The SMILES string of the molecule is CCOc1c(OC)cccc1[C@H]1C(C(=O)OCCOC)=C(C)N=c2s/c(=C/c3ccc(OCc4ccc(F)cc4)cc3)c(=O)n21. The van der Waals surface area contributed by atoms with Crippen molar-refractivity contribution in [1.82, 2.24) is 4.57 Å². The molecule has 0 fully saturated rings. The molecule has 0 aliphatic carbocycles. The summed E-state index contributed by atoms with van der Waals surface area (Å²) >= 11 is 1.22. The monoisotopic (exact) mass is 632 g/mol. The molecule has 0 bridgehead atoms. The van der Waals surface area contributed by atoms with Gasteiger partial charge in [-0.1, -0.05) is 47.7 Å². The number of benzene rings is 3. The second kappa shape index (κ2) is 14.4. The molecule has 0 spiro atoms. The van der Waals surface area contributed by atoms with E-state index >= 15 is 0 Å². The Morgan fingerprint density at radius 2 is 1.78 bits per heavy atom. The summed E-state index contributed by atoms with van der Waals surface area (Å²) in [6, 6.07) is 17.9. The molecular formula is C34H33FN2O7S. The van der Waals surface area contributed by atoms with Crippen molar-refractivity contribution in [2.45, 2.75) is 26.5 Å². The van der Waals surface area contributed by atoms with Crippen LogP contribution in [0, 0.1) is 5.82 Å². The van der Waals surface area contributed by atoms with Crippen LogP contribution in [0.25, 0.3) is 6.08 Å². The molecule has 1 aliphatic rings. The lowest BCUT2D eigenvalue weighted by molar-refractivity contribution is -0.140. The first-order valence-corrected chi connectivity index (χ1v) is 15.1. The number of carbonyl (C=O) groups excluding carboxylic acids is 1. The van der Waals surface area contributed by atoms with Crippen LogP contribution in [-0.2, 0) is 20.9 Å². The molecule has 11 heteroatoms. The van der Waals surface area contributed by atoms with Gasteiger partial charge in [-0.3, -0.25) is 9.36 Å². The predicted octanol–water partition coefficient (Wildman–Crippen LogP) is 4.55. The number of carbonyl (C=O) groups is 1. The molecule has 5 rings (SSSR count). The van der Waals surface area contributed by atoms with E-state index in [9.17, 15) is 14.0 Å². The highest BCUT2D eigenvalue weighted by atomic mass is 32.1. The van der Waals surface area contributed by atoms with Crippen molar-refractivity contribution >= 4 is 23.4 Å². The van der Waals surface area contributed by atoms with Gasteiger partial charge in [0.05, 0.1) is 36.1 Å². The molecule has 0 saturated carbocycles. The number of nitrogens with zero attached hydrogens (tertiary/aromatic N) is 2. The highest BCUT2D eigenvalue weighted by Gasteiger charge is 2.36. The van der Waals surface area contributed by atoms with Gasteiger partial charge in [-0.15, -0.1) is 0 Å². The number of esters is 1. The minimum Gasteiger partial charge on any atom is -0.493 e. The molecule has 0 N–H and O–H groups in total. The van der Waals surface area contributed by atoms with Crippen molar-refractivity contribution in [2.24, 2.45) is 4.99 Å². The zero-order chi connectivity index (χ0) is 31.9. The number of hydrogen-bond donors (Lipinski definition) is 0. The molecule has 1 aromatic heterocycles. The summed E-state index contributed by atoms with van der Waals surface area (Å²) in [6.45, 7) is 4.48. The molecule has 4 aromatic rings. The quantitative estimate of drug-likeness (QED) is 0.167. The summed E-state index contributed by atoms with van der Waals surface area (Å²) in [7, 11) is 3.05. The number of thiazole rings is 1. The highest BCUT2D eigenvalue weighted by Crippen LogP contribution is 2.40. The van der Waals surface area contributed by atoms with Crippen molar-refractivity contribution in [3.05, 3.63) is 120 Å². The van der Waals surface area contributed by atoms with Gasteiger partial charge >= 0.3 is 5.97 Å². The third-order valence-electron chi connectivity index (χ3n) is 7.07. The van der Waals surface area contributed by atoms with Crippen LogP contribution in [0.4, 0.5) is 4.39 Å². The lowest BCUT2D eigenvalue weighted by atomic mass is 9.94. The summed E-state index contributed by atoms with van der Waals surface area (Å²) in [5.41, 5.74) is 2.53. The third-order valence-corrected chi connectivity index (χ3v) is 8.05. The maximum atomic E-state index is 14.1. The second-order valence-corrected chi connectivity index (χ2v) is 11.0. The van der Waals surface area contributed by atoms with E-state index < -0.39 is 12.0 Å². The zero-order valence-corrected chi connectivity index (χ0v) is 26.2. The van der Waals surface area contributed by atoms with Gasteiger partial charge < -0.3 is 23.7 Å². The van der Waals surface area contributed by atoms with Crippen LogP contribution in [-0.4, -0.2) is 44.6 Å². The summed E-state index contributed by atoms with van der Waals surface area (Å²) in [4.78, 5) is 32.7. The molecule has 0 saturated heterocycles. The number of methoxy groups -OCH3 is 2. The van der Waals surface area contributed by atoms with Crippen LogP contribution in [0.1, 0.15) is 36.6 Å². The average molecular weight is 633 g/mol. The topological polar surface area (TPSA) is 97.6 Å². The number of aromatic nitrogens is 1. The molecule has 1 aliphatic heterocycles. The van der Waals surface area contributed by atoms with E-state index in [-0.39, 0.29) is 30.2 Å². The lowest BCUT2D eigenvalue weighted by Crippen LogP contribution is -2.40. The van der Waals surface area contributed by atoms with Gasteiger partial charge in [-0.05, 0) is 61.4 Å². The van der Waals surface area contributed by atoms with Gasteiger partial charge in [-0.25, -0.2) is 14.2 Å². The Labute approximate surface area is 263 Å². The molecule has 3 aromatic carbocycles. The summed E-state index contributed by atoms with van der Waals surface area (Å²) < 4.78 is 43.1. The molecule has 1 atom stereocenters. The standard InChI is InChI=1S/C34H33FN2O7S/c1-5-42-31-26(7-6-8-27(31)41-4)30-29(33(39)43-18-17-40-3)21(2)36-34-37(30)32(38)28(45-34)19-22-11-15-25(16-12-22)44-20-23-9-13-24(35)14-10-23/h6-16,19,30H,5,17-18,20H2,1-4H3/b28-19+/t30-/m0/s1. The van der Waals surface area contributed by atoms with Gasteiger partial charge in [0.1, 0.15) is 30.8 Å². The fourth-order valence-corrected chi connectivity index (χ4v) is 5.99. The van der Waals surface area contributed by atoms with Gasteiger partial charge in [0.2, 0.25) is 0 Å². The molecule has 9 nitrogen and oxygen atoms in total. The third kappa shape index (κ3) is 7.00. The summed E-state index contributed by atoms with van der Waals surface area (Å²) in [6.07, 6.45) is 1.77. The fourth-order valence-electron chi connectivity index (χ4n) is 4.94. The second-order valence-electron chi connectivity index (χ2n) is 10.0. The fraction of sp³-hybridized carbons (Fsp3) is 0.265. The van der Waals surface area contributed by atoms with Gasteiger partial charge in [0.25, 0.3) is 5.56 Å². The Balaban J connectivity index is 1.54. The molecule has 45 heavy (non-hydrogen) atoms. The number of para-hydroxylation sites is 1. The van der Waals surface area contributed by atoms with Crippen molar-refractivity contribution < 1.29 is 32.9 Å². The van der Waals surface area contributed by atoms with Crippen molar-refractivity contribution in [3.63, 3.8) is 0 Å². The van der Waals surface area contributed by atoms with Crippen LogP contribution >= 0.6 is 11.3 Å². The summed E-state index contributed by atoms with van der Waals surface area (Å²) in [5, 5.41) is 0. The molecule has 0 amide bonds. The van der Waals surface area contributed by atoms with E-state index in [2.05, 4.69) is 4.99 Å². The Bertz CT molecular complexity index is 1880. The molecule has 234 valence electrons. The van der Waals surface area contributed by atoms with Crippen molar-refractivity contribution in [3.8, 4) is 17.2 Å². The van der Waals surface area contributed by atoms with E-state index in [0.717, 1.165) is 11.1 Å². The largest absolute Gasteiger partial charge is 0.493 e. The van der Waals surface area contributed by atoms with E-state index in [1.807, 2.05) is 19.1 Å². The number of ether oxygens (including phenoxy) is 5. The Hall–Kier alpha value is -4.74. The van der Waals surface area contributed by atoms with Crippen LogP contribution in [0.3, 0.4) is 0 Å². The zero-order valence-electron chi connectivity index (χ0n) is 25.4. The number of rotatable bonds is 12. The molecule has 0 radical (unpaired) electrons. The average Bonchev–Trinajstić information content (AvgIpc) is 3.34. The van der Waals surface area contributed by atoms with Crippen LogP contribution in [0.15, 0.2) is 87.8 Å². The Kier molecular flexibility index (Phi) is 10.1. The van der Waals surface area contributed by atoms with Crippen molar-refractivity contribution in [2.75, 3.05) is 34.0 Å². The van der Waals surface area contributed by atoms with Crippen LogP contribution in [0.5, 0.6) is 17.2 Å². The van der Waals surface area contributed by atoms with Gasteiger partial charge in [0.15, 0.2) is 16.3 Å². The minimum absolute atomic E-state index is 0.0449. The minimum atomic E-state index is -0.877. The number of allylic oxidation sites excluding steroid dienone is 1. The summed E-state index contributed by atoms with van der Waals surface area (Å²) in [5.74, 6) is 0.627. The predicted molar refractivity (Wildman–Crippen MR) is 168 cm³/mol. The Morgan fingerprint density at radius 1 is 1.02 bits per heavy atom. The van der Waals surface area contributed by atoms with Crippen molar-refractivity contribution in [1.29, 1.82) is 0 Å². The number of halogens is 1. The van der Waals surface area contributed by atoms with Gasteiger partial charge in [-0.2, -0.15) is 0 Å². The lowest BCUT2D eigenvalue weighted by Gasteiger charge is -2.27. The highest BCUT2D eigenvalue weighted by molar-refractivity contribution is 7.07. The van der Waals surface area contributed by atoms with E-state index in [0.29, 0.717) is 51.1 Å². The first-order valence-electron chi connectivity index (χ1n) is 14.3. The number of hydrogen-bond acceptors (Lipinski definition) is 9. The van der Waals surface area contributed by atoms with Gasteiger partial charge in [0, 0.05) is 12.7 Å². The maximum absolute atomic E-state index is 14.1. The number of fused-ring (bicyclic) bond motifs is 1. The van der Waals surface area contributed by atoms with Crippen LogP contribution in [0.2, 0.25) is 0 Å².